The van der Waals surface area contributed by atoms with Gasteiger partial charge in [0.2, 0.25) is 0 Å². The number of hydrogen-bond donors (Lipinski definition) is 2. The van der Waals surface area contributed by atoms with E-state index >= 15 is 0 Å². The number of ether oxygens (including phenoxy) is 1. The number of phenolic OH excluding ortho intramolecular Hbond substituents is 1. The van der Waals surface area contributed by atoms with Crippen LogP contribution in [-0.4, -0.2) is 17.6 Å². The molecular formula is C21H20N2O3. The van der Waals surface area contributed by atoms with E-state index in [1.54, 1.807) is 23.2 Å². The highest BCUT2D eigenvalue weighted by Crippen LogP contribution is 2.24. The lowest BCUT2D eigenvalue weighted by Crippen LogP contribution is -2.44. The van der Waals surface area contributed by atoms with Crippen molar-refractivity contribution in [2.24, 2.45) is 0 Å². The van der Waals surface area contributed by atoms with Gasteiger partial charge in [0.15, 0.2) is 18.1 Å². The van der Waals surface area contributed by atoms with Crippen molar-refractivity contribution in [3.8, 4) is 11.5 Å². The smallest absolute Gasteiger partial charge is 0.276 e. The van der Waals surface area contributed by atoms with E-state index in [9.17, 15) is 9.90 Å². The van der Waals surface area contributed by atoms with E-state index in [0.717, 1.165) is 11.3 Å². The molecule has 0 aliphatic carbocycles. The van der Waals surface area contributed by atoms with Gasteiger partial charge in [-0.2, -0.15) is 0 Å². The first kappa shape index (κ1) is 17.4. The van der Waals surface area contributed by atoms with Gasteiger partial charge < -0.3 is 9.84 Å². The molecule has 3 aromatic rings. The van der Waals surface area contributed by atoms with Crippen LogP contribution in [0.1, 0.15) is 5.56 Å². The van der Waals surface area contributed by atoms with Crippen LogP contribution in [0, 0.1) is 0 Å². The summed E-state index contributed by atoms with van der Waals surface area (Å²) in [5.41, 5.74) is 4.79. The van der Waals surface area contributed by atoms with Crippen LogP contribution in [0.4, 0.5) is 5.69 Å². The molecule has 0 spiro atoms. The van der Waals surface area contributed by atoms with Crippen molar-refractivity contribution in [1.82, 2.24) is 5.43 Å². The minimum absolute atomic E-state index is 0.00417. The molecule has 0 bridgehead atoms. The van der Waals surface area contributed by atoms with E-state index in [0.29, 0.717) is 6.54 Å². The Labute approximate surface area is 152 Å². The Morgan fingerprint density at radius 1 is 0.885 bits per heavy atom. The Kier molecular flexibility index (Phi) is 5.72. The maximum absolute atomic E-state index is 12.3. The van der Waals surface area contributed by atoms with Crippen LogP contribution in [0.3, 0.4) is 0 Å². The van der Waals surface area contributed by atoms with Crippen molar-refractivity contribution >= 4 is 11.6 Å². The molecule has 5 nitrogen and oxygen atoms in total. The zero-order valence-electron chi connectivity index (χ0n) is 14.2. The largest absolute Gasteiger partial charge is 0.504 e. The first-order valence-corrected chi connectivity index (χ1v) is 8.29. The fourth-order valence-corrected chi connectivity index (χ4v) is 2.47. The van der Waals surface area contributed by atoms with E-state index < -0.39 is 0 Å². The van der Waals surface area contributed by atoms with Gasteiger partial charge in [-0.15, -0.1) is 0 Å². The number of benzene rings is 3. The van der Waals surface area contributed by atoms with E-state index in [4.69, 9.17) is 4.74 Å². The topological polar surface area (TPSA) is 61.8 Å². The Bertz CT molecular complexity index is 838. The normalized spacial score (nSPS) is 10.2. The molecule has 0 fully saturated rings. The minimum Gasteiger partial charge on any atom is -0.504 e. The van der Waals surface area contributed by atoms with E-state index in [1.165, 1.54) is 6.07 Å². The number of para-hydroxylation sites is 3. The molecule has 0 saturated carbocycles. The maximum Gasteiger partial charge on any atom is 0.276 e. The third-order valence-electron chi connectivity index (χ3n) is 3.74. The lowest BCUT2D eigenvalue weighted by molar-refractivity contribution is -0.123. The zero-order valence-corrected chi connectivity index (χ0v) is 14.2. The molecule has 0 heterocycles. The standard InChI is InChI=1S/C21H20N2O3/c24-19-13-7-8-14-20(19)26-16-21(25)22-23(18-11-5-2-6-12-18)15-17-9-3-1-4-10-17/h1-14,24H,15-16H2,(H,22,25). The summed E-state index contributed by atoms with van der Waals surface area (Å²) in [5, 5.41) is 11.5. The second-order valence-corrected chi connectivity index (χ2v) is 5.70. The third kappa shape index (κ3) is 4.77. The fraction of sp³-hybridized carbons (Fsp3) is 0.0952. The van der Waals surface area contributed by atoms with E-state index in [2.05, 4.69) is 5.43 Å². The SMILES string of the molecule is O=C(COc1ccccc1O)NN(Cc1ccccc1)c1ccccc1. The highest BCUT2D eigenvalue weighted by atomic mass is 16.5. The van der Waals surface area contributed by atoms with Gasteiger partial charge in [0, 0.05) is 0 Å². The average molecular weight is 348 g/mol. The van der Waals surface area contributed by atoms with Crippen LogP contribution in [0.25, 0.3) is 0 Å². The summed E-state index contributed by atoms with van der Waals surface area (Å²) >= 11 is 0. The summed E-state index contributed by atoms with van der Waals surface area (Å²) in [6, 6.07) is 26.0. The predicted molar refractivity (Wildman–Crippen MR) is 101 cm³/mol. The number of aromatic hydroxyl groups is 1. The van der Waals surface area contributed by atoms with Gasteiger partial charge in [0.1, 0.15) is 0 Å². The van der Waals surface area contributed by atoms with Crippen molar-refractivity contribution in [3.63, 3.8) is 0 Å². The average Bonchev–Trinajstić information content (AvgIpc) is 2.68. The van der Waals surface area contributed by atoms with Crippen molar-refractivity contribution in [2.45, 2.75) is 6.54 Å². The summed E-state index contributed by atoms with van der Waals surface area (Å²) in [6.07, 6.45) is 0. The lowest BCUT2D eigenvalue weighted by atomic mass is 10.2. The zero-order chi connectivity index (χ0) is 18.2. The van der Waals surface area contributed by atoms with Gasteiger partial charge in [-0.1, -0.05) is 60.7 Å². The summed E-state index contributed by atoms with van der Waals surface area (Å²) in [6.45, 7) is 0.322. The minimum atomic E-state index is -0.312. The molecule has 2 N–H and O–H groups in total. The summed E-state index contributed by atoms with van der Waals surface area (Å²) in [5.74, 6) is -0.0329. The number of hydrogen-bond acceptors (Lipinski definition) is 4. The first-order valence-electron chi connectivity index (χ1n) is 8.29. The molecule has 1 amide bonds. The van der Waals surface area contributed by atoms with Gasteiger partial charge in [-0.3, -0.25) is 15.2 Å². The number of anilines is 1. The van der Waals surface area contributed by atoms with Crippen molar-refractivity contribution in [1.29, 1.82) is 0 Å². The molecule has 5 heteroatoms. The van der Waals surface area contributed by atoms with Crippen LogP contribution in [0.2, 0.25) is 0 Å². The molecule has 0 aliphatic rings. The molecule has 0 aliphatic heterocycles. The lowest BCUT2D eigenvalue weighted by Gasteiger charge is -2.25. The second kappa shape index (κ2) is 8.58. The Morgan fingerprint density at radius 2 is 1.50 bits per heavy atom. The number of rotatable bonds is 7. The Morgan fingerprint density at radius 3 is 2.19 bits per heavy atom. The van der Waals surface area contributed by atoms with Crippen LogP contribution in [-0.2, 0) is 11.3 Å². The van der Waals surface area contributed by atoms with E-state index in [1.807, 2.05) is 60.7 Å². The molecule has 0 radical (unpaired) electrons. The number of nitrogens with one attached hydrogen (secondary N) is 1. The second-order valence-electron chi connectivity index (χ2n) is 5.70. The van der Waals surface area contributed by atoms with E-state index in [-0.39, 0.29) is 24.0 Å². The summed E-state index contributed by atoms with van der Waals surface area (Å²) in [4.78, 5) is 12.3. The molecule has 132 valence electrons. The summed E-state index contributed by atoms with van der Waals surface area (Å²) < 4.78 is 5.40. The van der Waals surface area contributed by atoms with Crippen LogP contribution >= 0.6 is 0 Å². The molecule has 0 aromatic heterocycles. The van der Waals surface area contributed by atoms with Gasteiger partial charge in [-0.25, -0.2) is 0 Å². The molecule has 0 unspecified atom stereocenters. The Balaban J connectivity index is 1.67. The van der Waals surface area contributed by atoms with Gasteiger partial charge in [-0.05, 0) is 29.8 Å². The first-order chi connectivity index (χ1) is 12.7. The molecule has 3 rings (SSSR count). The summed E-state index contributed by atoms with van der Waals surface area (Å²) in [7, 11) is 0. The highest BCUT2D eigenvalue weighted by Gasteiger charge is 2.12. The molecule has 0 atom stereocenters. The Hall–Kier alpha value is -3.47. The number of phenols is 1. The number of hydrazine groups is 1. The number of nitrogens with zero attached hydrogens (tertiary/aromatic N) is 1. The van der Waals surface area contributed by atoms with Crippen molar-refractivity contribution in [2.75, 3.05) is 11.6 Å². The molecule has 3 aromatic carbocycles. The molecule has 0 saturated heterocycles. The maximum atomic E-state index is 12.3. The molecule has 26 heavy (non-hydrogen) atoms. The van der Waals surface area contributed by atoms with Crippen LogP contribution in [0.5, 0.6) is 11.5 Å². The quantitative estimate of drug-likeness (QED) is 0.642. The molecular weight excluding hydrogens is 328 g/mol. The predicted octanol–water partition coefficient (Wildman–Crippen LogP) is 3.51. The number of amides is 1. The number of carbonyl (C=O) groups is 1. The number of carbonyl (C=O) groups excluding carboxylic acids is 1. The third-order valence-corrected chi connectivity index (χ3v) is 3.74. The van der Waals surface area contributed by atoms with Gasteiger partial charge >= 0.3 is 0 Å². The van der Waals surface area contributed by atoms with Gasteiger partial charge in [0.05, 0.1) is 12.2 Å². The van der Waals surface area contributed by atoms with Crippen molar-refractivity contribution < 1.29 is 14.6 Å². The van der Waals surface area contributed by atoms with Crippen LogP contribution in [0.15, 0.2) is 84.9 Å². The van der Waals surface area contributed by atoms with Crippen molar-refractivity contribution in [3.05, 3.63) is 90.5 Å². The van der Waals surface area contributed by atoms with Crippen LogP contribution < -0.4 is 15.2 Å². The fourth-order valence-electron chi connectivity index (χ4n) is 2.47. The highest BCUT2D eigenvalue weighted by molar-refractivity contribution is 5.79. The monoisotopic (exact) mass is 348 g/mol. The van der Waals surface area contributed by atoms with Gasteiger partial charge in [0.25, 0.3) is 5.91 Å².